The van der Waals surface area contributed by atoms with Crippen molar-refractivity contribution in [3.63, 3.8) is 0 Å². The fourth-order valence-corrected chi connectivity index (χ4v) is 2.45. The number of rotatable bonds is 8. The maximum absolute atomic E-state index is 12.5. The molecule has 2 N–H and O–H groups in total. The van der Waals surface area contributed by atoms with E-state index in [4.69, 9.17) is 9.47 Å². The summed E-state index contributed by atoms with van der Waals surface area (Å²) in [5.74, 6) is 0.793. The van der Waals surface area contributed by atoms with Gasteiger partial charge in [-0.15, -0.1) is 0 Å². The third-order valence-corrected chi connectivity index (χ3v) is 4.15. The molecule has 0 bridgehead atoms. The average molecular weight is 371 g/mol. The monoisotopic (exact) mass is 371 g/mol. The second-order valence-corrected chi connectivity index (χ2v) is 6.06. The van der Waals surface area contributed by atoms with E-state index in [-0.39, 0.29) is 18.4 Å². The van der Waals surface area contributed by atoms with E-state index in [1.807, 2.05) is 12.1 Å². The highest BCUT2D eigenvalue weighted by atomic mass is 16.5. The molecule has 27 heavy (non-hydrogen) atoms. The van der Waals surface area contributed by atoms with Crippen molar-refractivity contribution in [2.24, 2.45) is 0 Å². The number of ether oxygens (including phenoxy) is 2. The van der Waals surface area contributed by atoms with Gasteiger partial charge in [0.1, 0.15) is 11.5 Å². The molecule has 0 radical (unpaired) electrons. The van der Waals surface area contributed by atoms with Gasteiger partial charge in [-0.3, -0.25) is 14.5 Å². The van der Waals surface area contributed by atoms with Crippen molar-refractivity contribution in [2.45, 2.75) is 13.0 Å². The molecule has 1 atom stereocenters. The van der Waals surface area contributed by atoms with Crippen molar-refractivity contribution >= 4 is 23.2 Å². The number of carbonyl (C=O) groups is 2. The van der Waals surface area contributed by atoms with E-state index in [0.29, 0.717) is 22.9 Å². The van der Waals surface area contributed by atoms with Gasteiger partial charge < -0.3 is 20.1 Å². The predicted molar refractivity (Wildman–Crippen MR) is 105 cm³/mol. The van der Waals surface area contributed by atoms with Crippen LogP contribution in [0.4, 0.5) is 11.4 Å². The SMILES string of the molecule is COc1cccc(NC(=O)CN(C)[C@H](C)C(=O)Nc2ccccc2OC)c1. The van der Waals surface area contributed by atoms with Crippen molar-refractivity contribution in [1.82, 2.24) is 4.90 Å². The summed E-state index contributed by atoms with van der Waals surface area (Å²) < 4.78 is 10.4. The van der Waals surface area contributed by atoms with Gasteiger partial charge in [0, 0.05) is 11.8 Å². The number of methoxy groups -OCH3 is 2. The van der Waals surface area contributed by atoms with Gasteiger partial charge in [-0.05, 0) is 38.2 Å². The number of para-hydroxylation sites is 2. The highest BCUT2D eigenvalue weighted by Crippen LogP contribution is 2.23. The Bertz CT molecular complexity index is 794. The Balaban J connectivity index is 1.92. The third kappa shape index (κ3) is 5.72. The summed E-state index contributed by atoms with van der Waals surface area (Å²) in [5.41, 5.74) is 1.23. The molecular formula is C20H25N3O4. The lowest BCUT2D eigenvalue weighted by Gasteiger charge is -2.23. The van der Waals surface area contributed by atoms with E-state index >= 15 is 0 Å². The lowest BCUT2D eigenvalue weighted by Crippen LogP contribution is -2.43. The first kappa shape index (κ1) is 20.3. The van der Waals surface area contributed by atoms with Crippen LogP contribution in [-0.2, 0) is 9.59 Å². The molecular weight excluding hydrogens is 346 g/mol. The van der Waals surface area contributed by atoms with Crippen LogP contribution in [0.3, 0.4) is 0 Å². The maximum Gasteiger partial charge on any atom is 0.241 e. The largest absolute Gasteiger partial charge is 0.497 e. The van der Waals surface area contributed by atoms with Gasteiger partial charge >= 0.3 is 0 Å². The molecule has 0 saturated carbocycles. The fourth-order valence-electron chi connectivity index (χ4n) is 2.45. The van der Waals surface area contributed by atoms with Crippen molar-refractivity contribution in [2.75, 3.05) is 38.4 Å². The first-order valence-electron chi connectivity index (χ1n) is 8.52. The number of hydrogen-bond acceptors (Lipinski definition) is 5. The van der Waals surface area contributed by atoms with Crippen LogP contribution in [-0.4, -0.2) is 50.6 Å². The van der Waals surface area contributed by atoms with Crippen molar-refractivity contribution in [3.8, 4) is 11.5 Å². The number of benzene rings is 2. The topological polar surface area (TPSA) is 79.9 Å². The Labute approximate surface area is 159 Å². The normalized spacial score (nSPS) is 11.6. The fraction of sp³-hybridized carbons (Fsp3) is 0.300. The minimum absolute atomic E-state index is 0.0672. The number of nitrogens with one attached hydrogen (secondary N) is 2. The molecule has 0 aliphatic rings. The summed E-state index contributed by atoms with van der Waals surface area (Å²) in [4.78, 5) is 26.4. The van der Waals surface area contributed by atoms with Gasteiger partial charge in [0.15, 0.2) is 0 Å². The maximum atomic E-state index is 12.5. The first-order valence-corrected chi connectivity index (χ1v) is 8.52. The Morgan fingerprint density at radius 3 is 2.48 bits per heavy atom. The lowest BCUT2D eigenvalue weighted by molar-refractivity contribution is -0.122. The average Bonchev–Trinajstić information content (AvgIpc) is 2.67. The number of nitrogens with zero attached hydrogens (tertiary/aromatic N) is 1. The van der Waals surface area contributed by atoms with E-state index in [2.05, 4.69) is 10.6 Å². The van der Waals surface area contributed by atoms with Gasteiger partial charge in [0.05, 0.1) is 32.5 Å². The molecule has 0 unspecified atom stereocenters. The summed E-state index contributed by atoms with van der Waals surface area (Å²) in [6, 6.07) is 13.8. The number of hydrogen-bond donors (Lipinski definition) is 2. The molecule has 2 aromatic carbocycles. The molecule has 2 aromatic rings. The summed E-state index contributed by atoms with van der Waals surface area (Å²) in [6.45, 7) is 1.81. The molecule has 2 amide bonds. The predicted octanol–water partition coefficient (Wildman–Crippen LogP) is 2.60. The zero-order valence-corrected chi connectivity index (χ0v) is 16.0. The zero-order chi connectivity index (χ0) is 19.8. The quantitative estimate of drug-likeness (QED) is 0.746. The lowest BCUT2D eigenvalue weighted by atomic mass is 10.2. The van der Waals surface area contributed by atoms with Gasteiger partial charge in [-0.2, -0.15) is 0 Å². The highest BCUT2D eigenvalue weighted by molar-refractivity contribution is 5.97. The number of carbonyl (C=O) groups excluding carboxylic acids is 2. The van der Waals surface area contributed by atoms with Gasteiger partial charge in [-0.1, -0.05) is 18.2 Å². The molecule has 144 valence electrons. The van der Waals surface area contributed by atoms with Gasteiger partial charge in [0.2, 0.25) is 11.8 Å². The van der Waals surface area contributed by atoms with Crippen LogP contribution in [0.2, 0.25) is 0 Å². The van der Waals surface area contributed by atoms with Crippen LogP contribution in [0.25, 0.3) is 0 Å². The van der Waals surface area contributed by atoms with Gasteiger partial charge in [0.25, 0.3) is 0 Å². The molecule has 0 saturated heterocycles. The van der Waals surface area contributed by atoms with Crippen LogP contribution in [0.15, 0.2) is 48.5 Å². The molecule has 0 heterocycles. The summed E-state index contributed by atoms with van der Waals surface area (Å²) >= 11 is 0. The van der Waals surface area contributed by atoms with Gasteiger partial charge in [-0.25, -0.2) is 0 Å². The van der Waals surface area contributed by atoms with Crippen LogP contribution in [0.1, 0.15) is 6.92 Å². The molecule has 0 aromatic heterocycles. The highest BCUT2D eigenvalue weighted by Gasteiger charge is 2.21. The Morgan fingerprint density at radius 2 is 1.78 bits per heavy atom. The number of anilines is 2. The van der Waals surface area contributed by atoms with E-state index < -0.39 is 6.04 Å². The van der Waals surface area contributed by atoms with Crippen LogP contribution in [0.5, 0.6) is 11.5 Å². The summed E-state index contributed by atoms with van der Waals surface area (Å²) in [7, 11) is 4.83. The number of amides is 2. The van der Waals surface area contributed by atoms with Crippen molar-refractivity contribution in [3.05, 3.63) is 48.5 Å². The molecule has 2 rings (SSSR count). The molecule has 0 aliphatic carbocycles. The van der Waals surface area contributed by atoms with Crippen LogP contribution in [0, 0.1) is 0 Å². The smallest absolute Gasteiger partial charge is 0.241 e. The Morgan fingerprint density at radius 1 is 1.04 bits per heavy atom. The van der Waals surface area contributed by atoms with E-state index in [1.54, 1.807) is 69.5 Å². The van der Waals surface area contributed by atoms with Crippen molar-refractivity contribution in [1.29, 1.82) is 0 Å². The zero-order valence-electron chi connectivity index (χ0n) is 16.0. The molecule has 7 heteroatoms. The molecule has 0 fully saturated rings. The van der Waals surface area contributed by atoms with E-state index in [1.165, 1.54) is 0 Å². The second-order valence-electron chi connectivity index (χ2n) is 6.06. The minimum Gasteiger partial charge on any atom is -0.497 e. The Kier molecular flexibility index (Phi) is 7.19. The van der Waals surface area contributed by atoms with Crippen LogP contribution >= 0.6 is 0 Å². The summed E-state index contributed by atoms with van der Waals surface area (Å²) in [6.07, 6.45) is 0. The standard InChI is InChI=1S/C20H25N3O4/c1-14(20(25)22-17-10-5-6-11-18(17)27-4)23(2)13-19(24)21-15-8-7-9-16(12-15)26-3/h5-12,14H,13H2,1-4H3,(H,21,24)(H,22,25)/t14-/m1/s1. The first-order chi connectivity index (χ1) is 12.9. The number of likely N-dealkylation sites (N-methyl/N-ethyl adjacent to an activating group) is 1. The Hall–Kier alpha value is -3.06. The van der Waals surface area contributed by atoms with E-state index in [9.17, 15) is 9.59 Å². The summed E-state index contributed by atoms with van der Waals surface area (Å²) in [5, 5.41) is 5.62. The molecule has 0 spiro atoms. The van der Waals surface area contributed by atoms with Crippen LogP contribution < -0.4 is 20.1 Å². The molecule has 7 nitrogen and oxygen atoms in total. The minimum atomic E-state index is -0.508. The second kappa shape index (κ2) is 9.59. The van der Waals surface area contributed by atoms with E-state index in [0.717, 1.165) is 0 Å². The third-order valence-electron chi connectivity index (χ3n) is 4.15. The molecule has 0 aliphatic heterocycles. The van der Waals surface area contributed by atoms with Crippen molar-refractivity contribution < 1.29 is 19.1 Å².